The van der Waals surface area contributed by atoms with E-state index >= 15 is 0 Å². The summed E-state index contributed by atoms with van der Waals surface area (Å²) >= 11 is 3.49. The topological polar surface area (TPSA) is 52.1 Å². The number of benzene rings is 1. The second-order valence-corrected chi connectivity index (χ2v) is 6.24. The predicted molar refractivity (Wildman–Crippen MR) is 82.2 cm³/mol. The van der Waals surface area contributed by atoms with E-state index in [4.69, 9.17) is 0 Å². The third kappa shape index (κ3) is 3.11. The Bertz CT molecular complexity index is 584. The number of nitrogens with zero attached hydrogens (tertiary/aromatic N) is 2. The van der Waals surface area contributed by atoms with E-state index in [1.165, 1.54) is 0 Å². The highest BCUT2D eigenvalue weighted by atomic mass is 79.9. The van der Waals surface area contributed by atoms with E-state index < -0.39 is 0 Å². The number of hydrogen-bond acceptors (Lipinski definition) is 3. The Morgan fingerprint density at radius 2 is 2.35 bits per heavy atom. The zero-order valence-corrected chi connectivity index (χ0v) is 12.8. The highest BCUT2D eigenvalue weighted by molar-refractivity contribution is 9.10. The summed E-state index contributed by atoms with van der Waals surface area (Å²) in [6.07, 6.45) is 2.96. The van der Waals surface area contributed by atoms with Crippen LogP contribution in [0.4, 0.5) is 0 Å². The number of likely N-dealkylation sites (tertiary alicyclic amines) is 1. The minimum Gasteiger partial charge on any atom is -0.396 e. The molecule has 106 valence electrons. The highest BCUT2D eigenvalue weighted by Gasteiger charge is 2.22. The molecule has 2 N–H and O–H groups in total. The molecule has 0 radical (unpaired) electrons. The Morgan fingerprint density at radius 3 is 3.10 bits per heavy atom. The van der Waals surface area contributed by atoms with Gasteiger partial charge >= 0.3 is 0 Å². The quantitative estimate of drug-likeness (QED) is 0.903. The Balaban J connectivity index is 1.68. The van der Waals surface area contributed by atoms with Gasteiger partial charge in [0.2, 0.25) is 0 Å². The standard InChI is InChI=1S/C15H18BrN3O/c16-13-3-1-2-12(6-13)14-7-17-15(18-14)9-19-5-4-11(8-19)10-20/h1-3,6-7,11,20H,4-5,8-10H2,(H,17,18). The molecule has 1 fully saturated rings. The van der Waals surface area contributed by atoms with Crippen LogP contribution in [0.25, 0.3) is 11.3 Å². The van der Waals surface area contributed by atoms with Gasteiger partial charge in [0.05, 0.1) is 18.4 Å². The highest BCUT2D eigenvalue weighted by Crippen LogP contribution is 2.22. The van der Waals surface area contributed by atoms with Gasteiger partial charge in [-0.25, -0.2) is 4.98 Å². The van der Waals surface area contributed by atoms with Crippen LogP contribution in [0.15, 0.2) is 34.9 Å². The predicted octanol–water partition coefficient (Wildman–Crippen LogP) is 2.65. The SMILES string of the molecule is OCC1CCN(Cc2ncc(-c3cccc(Br)c3)[nH]2)C1. The van der Waals surface area contributed by atoms with Crippen LogP contribution >= 0.6 is 15.9 Å². The summed E-state index contributed by atoms with van der Waals surface area (Å²) in [6.45, 7) is 3.12. The first-order valence-corrected chi connectivity index (χ1v) is 7.67. The second kappa shape index (κ2) is 6.08. The zero-order chi connectivity index (χ0) is 13.9. The molecule has 2 heterocycles. The minimum atomic E-state index is 0.290. The lowest BCUT2D eigenvalue weighted by atomic mass is 10.1. The van der Waals surface area contributed by atoms with Gasteiger partial charge in [-0.1, -0.05) is 28.1 Å². The Hall–Kier alpha value is -1.17. The van der Waals surface area contributed by atoms with E-state index in [1.807, 2.05) is 18.3 Å². The molecule has 0 bridgehead atoms. The molecule has 3 rings (SSSR count). The number of H-pyrrole nitrogens is 1. The van der Waals surface area contributed by atoms with Gasteiger partial charge in [-0.2, -0.15) is 0 Å². The number of imidazole rings is 1. The van der Waals surface area contributed by atoms with Crippen LogP contribution in [0.2, 0.25) is 0 Å². The number of aromatic nitrogens is 2. The second-order valence-electron chi connectivity index (χ2n) is 5.33. The van der Waals surface area contributed by atoms with Crippen molar-refractivity contribution in [1.29, 1.82) is 0 Å². The van der Waals surface area contributed by atoms with Crippen molar-refractivity contribution < 1.29 is 5.11 Å². The van der Waals surface area contributed by atoms with Crippen LogP contribution in [0.5, 0.6) is 0 Å². The fourth-order valence-electron chi connectivity index (χ4n) is 2.66. The first-order chi connectivity index (χ1) is 9.74. The van der Waals surface area contributed by atoms with Crippen molar-refractivity contribution in [2.75, 3.05) is 19.7 Å². The van der Waals surface area contributed by atoms with Gasteiger partial charge in [-0.15, -0.1) is 0 Å². The van der Waals surface area contributed by atoms with Gasteiger partial charge in [0.25, 0.3) is 0 Å². The van der Waals surface area contributed by atoms with Crippen molar-refractivity contribution in [2.24, 2.45) is 5.92 Å². The third-order valence-electron chi connectivity index (χ3n) is 3.77. The maximum absolute atomic E-state index is 9.17. The first-order valence-electron chi connectivity index (χ1n) is 6.87. The normalized spacial score (nSPS) is 19.6. The van der Waals surface area contributed by atoms with Crippen molar-refractivity contribution in [3.8, 4) is 11.3 Å². The Kier molecular flexibility index (Phi) is 4.19. The number of halogens is 1. The summed E-state index contributed by atoms with van der Waals surface area (Å²) < 4.78 is 1.07. The maximum Gasteiger partial charge on any atom is 0.120 e. The third-order valence-corrected chi connectivity index (χ3v) is 4.26. The van der Waals surface area contributed by atoms with Crippen molar-refractivity contribution in [2.45, 2.75) is 13.0 Å². The molecule has 1 unspecified atom stereocenters. The first kappa shape index (κ1) is 13.8. The van der Waals surface area contributed by atoms with Crippen molar-refractivity contribution in [3.63, 3.8) is 0 Å². The summed E-state index contributed by atoms with van der Waals surface area (Å²) in [4.78, 5) is 10.2. The van der Waals surface area contributed by atoms with E-state index in [2.05, 4.69) is 42.9 Å². The van der Waals surface area contributed by atoms with Gasteiger partial charge in [0, 0.05) is 23.2 Å². The zero-order valence-electron chi connectivity index (χ0n) is 11.2. The van der Waals surface area contributed by atoms with Crippen LogP contribution in [-0.2, 0) is 6.54 Å². The van der Waals surface area contributed by atoms with Gasteiger partial charge in [0.1, 0.15) is 5.82 Å². The lowest BCUT2D eigenvalue weighted by Gasteiger charge is -2.13. The molecule has 1 aromatic heterocycles. The van der Waals surface area contributed by atoms with E-state index in [1.54, 1.807) is 0 Å². The van der Waals surface area contributed by atoms with Gasteiger partial charge < -0.3 is 10.1 Å². The molecule has 1 atom stereocenters. The fraction of sp³-hybridized carbons (Fsp3) is 0.400. The molecule has 5 heteroatoms. The molecule has 0 amide bonds. The van der Waals surface area contributed by atoms with E-state index in [9.17, 15) is 5.11 Å². The number of rotatable bonds is 4. The van der Waals surface area contributed by atoms with Gasteiger partial charge in [-0.05, 0) is 31.0 Å². The molecule has 4 nitrogen and oxygen atoms in total. The van der Waals surface area contributed by atoms with Gasteiger partial charge in [-0.3, -0.25) is 4.90 Å². The Morgan fingerprint density at radius 1 is 1.45 bits per heavy atom. The minimum absolute atomic E-state index is 0.290. The molecule has 1 aliphatic rings. The van der Waals surface area contributed by atoms with Crippen LogP contribution < -0.4 is 0 Å². The van der Waals surface area contributed by atoms with E-state index in [0.717, 1.165) is 47.6 Å². The molecular formula is C15H18BrN3O. The largest absolute Gasteiger partial charge is 0.396 e. The van der Waals surface area contributed by atoms with Crippen LogP contribution in [0, 0.1) is 5.92 Å². The summed E-state index contributed by atoms with van der Waals surface area (Å²) in [5.74, 6) is 1.41. The number of hydrogen-bond donors (Lipinski definition) is 2. The Labute approximate surface area is 127 Å². The monoisotopic (exact) mass is 335 g/mol. The summed E-state index contributed by atoms with van der Waals surface area (Å²) in [6, 6.07) is 8.18. The average molecular weight is 336 g/mol. The molecule has 1 saturated heterocycles. The summed E-state index contributed by atoms with van der Waals surface area (Å²) in [5, 5.41) is 9.17. The molecule has 1 aromatic carbocycles. The molecule has 0 spiro atoms. The number of aromatic amines is 1. The smallest absolute Gasteiger partial charge is 0.120 e. The van der Waals surface area contributed by atoms with Gasteiger partial charge in [0.15, 0.2) is 0 Å². The number of nitrogens with one attached hydrogen (secondary N) is 1. The summed E-state index contributed by atoms with van der Waals surface area (Å²) in [7, 11) is 0. The lowest BCUT2D eigenvalue weighted by molar-refractivity contribution is 0.219. The van der Waals surface area contributed by atoms with E-state index in [-0.39, 0.29) is 6.61 Å². The van der Waals surface area contributed by atoms with Crippen molar-refractivity contribution in [3.05, 3.63) is 40.8 Å². The lowest BCUT2D eigenvalue weighted by Crippen LogP contribution is -2.21. The average Bonchev–Trinajstić information content (AvgIpc) is 3.08. The van der Waals surface area contributed by atoms with E-state index in [0.29, 0.717) is 5.92 Å². The fourth-order valence-corrected chi connectivity index (χ4v) is 3.06. The van der Waals surface area contributed by atoms with Crippen molar-refractivity contribution in [1.82, 2.24) is 14.9 Å². The molecule has 0 saturated carbocycles. The molecule has 0 aliphatic carbocycles. The molecule has 20 heavy (non-hydrogen) atoms. The number of aliphatic hydroxyl groups is 1. The molecule has 1 aliphatic heterocycles. The van der Waals surface area contributed by atoms with Crippen LogP contribution in [0.1, 0.15) is 12.2 Å². The molecule has 2 aromatic rings. The summed E-state index contributed by atoms with van der Waals surface area (Å²) in [5.41, 5.74) is 2.17. The molecular weight excluding hydrogens is 318 g/mol. The number of aliphatic hydroxyl groups excluding tert-OH is 1. The van der Waals surface area contributed by atoms with Crippen LogP contribution in [0.3, 0.4) is 0 Å². The maximum atomic E-state index is 9.17. The van der Waals surface area contributed by atoms with Crippen molar-refractivity contribution >= 4 is 15.9 Å². The van der Waals surface area contributed by atoms with Crippen LogP contribution in [-0.4, -0.2) is 39.7 Å².